The van der Waals surface area contributed by atoms with Gasteiger partial charge in [0.2, 0.25) is 0 Å². The Morgan fingerprint density at radius 3 is 2.60 bits per heavy atom. The SMILES string of the molecule is CC(C)(C)c1nn(Cc2cccc(F)c2)c(N)c1C#N. The highest BCUT2D eigenvalue weighted by Gasteiger charge is 2.25. The number of hydrogen-bond acceptors (Lipinski definition) is 3. The highest BCUT2D eigenvalue weighted by atomic mass is 19.1. The molecule has 2 N–H and O–H groups in total. The van der Waals surface area contributed by atoms with Crippen molar-refractivity contribution >= 4 is 5.82 Å². The largest absolute Gasteiger partial charge is 0.383 e. The minimum Gasteiger partial charge on any atom is -0.383 e. The van der Waals surface area contributed by atoms with Gasteiger partial charge in [-0.3, -0.25) is 0 Å². The fourth-order valence-corrected chi connectivity index (χ4v) is 2.04. The van der Waals surface area contributed by atoms with Crippen molar-refractivity contribution in [1.29, 1.82) is 5.26 Å². The number of nitrogens with zero attached hydrogens (tertiary/aromatic N) is 3. The first-order chi connectivity index (χ1) is 9.32. The van der Waals surface area contributed by atoms with Gasteiger partial charge in [-0.25, -0.2) is 9.07 Å². The fraction of sp³-hybridized carbons (Fsp3) is 0.333. The van der Waals surface area contributed by atoms with E-state index in [1.807, 2.05) is 20.8 Å². The monoisotopic (exact) mass is 272 g/mol. The molecule has 5 heteroatoms. The molecule has 0 radical (unpaired) electrons. The van der Waals surface area contributed by atoms with Crippen LogP contribution in [0.5, 0.6) is 0 Å². The Bertz CT molecular complexity index is 674. The zero-order valence-corrected chi connectivity index (χ0v) is 11.8. The fourth-order valence-electron chi connectivity index (χ4n) is 2.04. The van der Waals surface area contributed by atoms with Gasteiger partial charge in [0.05, 0.1) is 12.2 Å². The molecule has 0 unspecified atom stereocenters. The van der Waals surface area contributed by atoms with Crippen molar-refractivity contribution in [3.63, 3.8) is 0 Å². The second-order valence-electron chi connectivity index (χ2n) is 5.76. The molecular weight excluding hydrogens is 255 g/mol. The average Bonchev–Trinajstić information content (AvgIpc) is 2.66. The van der Waals surface area contributed by atoms with Gasteiger partial charge in [-0.2, -0.15) is 10.4 Å². The average molecular weight is 272 g/mol. The smallest absolute Gasteiger partial charge is 0.140 e. The van der Waals surface area contributed by atoms with Crippen molar-refractivity contribution in [1.82, 2.24) is 9.78 Å². The Balaban J connectivity index is 2.44. The zero-order chi connectivity index (χ0) is 14.9. The van der Waals surface area contributed by atoms with Crippen molar-refractivity contribution < 1.29 is 4.39 Å². The van der Waals surface area contributed by atoms with Gasteiger partial charge in [0, 0.05) is 5.41 Å². The molecule has 0 saturated heterocycles. The van der Waals surface area contributed by atoms with Gasteiger partial charge in [0.25, 0.3) is 0 Å². The van der Waals surface area contributed by atoms with E-state index in [0.29, 0.717) is 23.6 Å². The Kier molecular flexibility index (Phi) is 3.49. The molecule has 104 valence electrons. The van der Waals surface area contributed by atoms with E-state index in [0.717, 1.165) is 5.56 Å². The van der Waals surface area contributed by atoms with E-state index >= 15 is 0 Å². The number of nitrogens with two attached hydrogens (primary N) is 1. The number of nitriles is 1. The summed E-state index contributed by atoms with van der Waals surface area (Å²) in [6, 6.07) is 8.36. The molecular formula is C15H17FN4. The zero-order valence-electron chi connectivity index (χ0n) is 11.8. The van der Waals surface area contributed by atoms with Crippen LogP contribution in [0.1, 0.15) is 37.6 Å². The summed E-state index contributed by atoms with van der Waals surface area (Å²) in [5, 5.41) is 13.7. The van der Waals surface area contributed by atoms with E-state index in [4.69, 9.17) is 5.73 Å². The third kappa shape index (κ3) is 2.64. The van der Waals surface area contributed by atoms with E-state index in [1.54, 1.807) is 16.8 Å². The maximum Gasteiger partial charge on any atom is 0.140 e. The molecule has 0 bridgehead atoms. The van der Waals surface area contributed by atoms with Crippen molar-refractivity contribution in [2.75, 3.05) is 5.73 Å². The first-order valence-electron chi connectivity index (χ1n) is 6.34. The van der Waals surface area contributed by atoms with E-state index in [2.05, 4.69) is 11.2 Å². The number of benzene rings is 1. The Labute approximate surface area is 117 Å². The van der Waals surface area contributed by atoms with Crippen molar-refractivity contribution in [2.24, 2.45) is 0 Å². The first-order valence-corrected chi connectivity index (χ1v) is 6.34. The van der Waals surface area contributed by atoms with Gasteiger partial charge in [0.1, 0.15) is 23.3 Å². The normalized spacial score (nSPS) is 11.3. The van der Waals surface area contributed by atoms with Crippen molar-refractivity contribution in [3.05, 3.63) is 46.9 Å². The molecule has 0 aliphatic heterocycles. The van der Waals surface area contributed by atoms with E-state index in [1.165, 1.54) is 12.1 Å². The maximum atomic E-state index is 13.2. The van der Waals surface area contributed by atoms with Crippen LogP contribution < -0.4 is 5.73 Å². The molecule has 2 rings (SSSR count). The molecule has 4 nitrogen and oxygen atoms in total. The Hall–Kier alpha value is -2.35. The summed E-state index contributed by atoms with van der Waals surface area (Å²) >= 11 is 0. The van der Waals surface area contributed by atoms with Crippen LogP contribution in [0.15, 0.2) is 24.3 Å². The van der Waals surface area contributed by atoms with Gasteiger partial charge >= 0.3 is 0 Å². The summed E-state index contributed by atoms with van der Waals surface area (Å²) < 4.78 is 14.7. The molecule has 0 fully saturated rings. The first kappa shape index (κ1) is 14.1. The molecule has 1 aromatic heterocycles. The van der Waals surface area contributed by atoms with Gasteiger partial charge in [-0.15, -0.1) is 0 Å². The van der Waals surface area contributed by atoms with Crippen LogP contribution in [0, 0.1) is 17.1 Å². The van der Waals surface area contributed by atoms with Gasteiger partial charge in [-0.05, 0) is 17.7 Å². The topological polar surface area (TPSA) is 67.6 Å². The predicted octanol–water partition coefficient (Wildman–Crippen LogP) is 2.82. The molecule has 0 amide bonds. The third-order valence-corrected chi connectivity index (χ3v) is 3.04. The van der Waals surface area contributed by atoms with E-state index in [9.17, 15) is 9.65 Å². The molecule has 1 aromatic carbocycles. The van der Waals surface area contributed by atoms with Crippen molar-refractivity contribution in [3.8, 4) is 6.07 Å². The quantitative estimate of drug-likeness (QED) is 0.914. The lowest BCUT2D eigenvalue weighted by Crippen LogP contribution is -2.14. The number of rotatable bonds is 2. The number of anilines is 1. The van der Waals surface area contributed by atoms with Crippen LogP contribution >= 0.6 is 0 Å². The highest BCUT2D eigenvalue weighted by Crippen LogP contribution is 2.28. The van der Waals surface area contributed by atoms with Crippen LogP contribution in [0.4, 0.5) is 10.2 Å². The number of nitrogen functional groups attached to an aromatic ring is 1. The van der Waals surface area contributed by atoms with Crippen LogP contribution in [-0.2, 0) is 12.0 Å². The Morgan fingerprint density at radius 1 is 1.40 bits per heavy atom. The Morgan fingerprint density at radius 2 is 2.10 bits per heavy atom. The second-order valence-corrected chi connectivity index (χ2v) is 5.76. The molecule has 0 spiro atoms. The minimum atomic E-state index is -0.301. The molecule has 2 aromatic rings. The summed E-state index contributed by atoms with van der Waals surface area (Å²) in [5.74, 6) is 0.0199. The number of halogens is 1. The molecule has 1 heterocycles. The minimum absolute atomic E-state index is 0.271. The highest BCUT2D eigenvalue weighted by molar-refractivity contribution is 5.54. The molecule has 0 atom stereocenters. The van der Waals surface area contributed by atoms with Crippen LogP contribution in [0.25, 0.3) is 0 Å². The number of hydrogen-bond donors (Lipinski definition) is 1. The van der Waals surface area contributed by atoms with Gasteiger partial charge in [0.15, 0.2) is 0 Å². The van der Waals surface area contributed by atoms with Gasteiger partial charge < -0.3 is 5.73 Å². The maximum absolute atomic E-state index is 13.2. The number of aromatic nitrogens is 2. The molecule has 0 aliphatic carbocycles. The lowest BCUT2D eigenvalue weighted by Gasteiger charge is -2.15. The van der Waals surface area contributed by atoms with Gasteiger partial charge in [-0.1, -0.05) is 32.9 Å². The predicted molar refractivity (Wildman–Crippen MR) is 75.6 cm³/mol. The second kappa shape index (κ2) is 4.97. The summed E-state index contributed by atoms with van der Waals surface area (Å²) in [6.07, 6.45) is 0. The molecule has 0 aliphatic rings. The summed E-state index contributed by atoms with van der Waals surface area (Å²) in [4.78, 5) is 0. The van der Waals surface area contributed by atoms with Crippen LogP contribution in [0.3, 0.4) is 0 Å². The third-order valence-electron chi connectivity index (χ3n) is 3.04. The van der Waals surface area contributed by atoms with E-state index < -0.39 is 0 Å². The van der Waals surface area contributed by atoms with Crippen LogP contribution in [0.2, 0.25) is 0 Å². The summed E-state index contributed by atoms with van der Waals surface area (Å²) in [7, 11) is 0. The standard InChI is InChI=1S/C15H17FN4/c1-15(2,3)13-12(8-17)14(18)20(19-13)9-10-5-4-6-11(16)7-10/h4-7H,9,18H2,1-3H3. The van der Waals surface area contributed by atoms with Crippen LogP contribution in [-0.4, -0.2) is 9.78 Å². The van der Waals surface area contributed by atoms with Crippen molar-refractivity contribution in [2.45, 2.75) is 32.7 Å². The summed E-state index contributed by atoms with van der Waals surface area (Å²) in [5.41, 5.74) is 7.52. The molecule has 0 saturated carbocycles. The summed E-state index contributed by atoms with van der Waals surface area (Å²) in [6.45, 7) is 6.26. The lowest BCUT2D eigenvalue weighted by atomic mass is 9.90. The lowest BCUT2D eigenvalue weighted by molar-refractivity contribution is 0.544. The molecule has 20 heavy (non-hydrogen) atoms. The van der Waals surface area contributed by atoms with E-state index in [-0.39, 0.29) is 11.2 Å².